The van der Waals surface area contributed by atoms with Gasteiger partial charge in [0.1, 0.15) is 9.39 Å². The van der Waals surface area contributed by atoms with Crippen LogP contribution < -0.4 is 10.9 Å². The van der Waals surface area contributed by atoms with E-state index in [0.29, 0.717) is 9.39 Å². The number of H-pyrrole nitrogens is 1. The summed E-state index contributed by atoms with van der Waals surface area (Å²) in [6.07, 6.45) is 6.11. The number of hydrogen-bond donors (Lipinski definition) is 3. The highest BCUT2D eigenvalue weighted by Crippen LogP contribution is 2.21. The fourth-order valence-electron chi connectivity index (χ4n) is 2.12. The Morgan fingerprint density at radius 3 is 3.00 bits per heavy atom. The lowest BCUT2D eigenvalue weighted by molar-refractivity contribution is 0.144. The van der Waals surface area contributed by atoms with Crippen LogP contribution in [0.1, 0.15) is 32.1 Å². The summed E-state index contributed by atoms with van der Waals surface area (Å²) in [7, 11) is 0. The van der Waals surface area contributed by atoms with E-state index in [1.807, 2.05) is 22.6 Å². The van der Waals surface area contributed by atoms with Gasteiger partial charge >= 0.3 is 0 Å². The number of rotatable bonds is 2. The first-order chi connectivity index (χ1) is 8.18. The Kier molecular flexibility index (Phi) is 4.38. The van der Waals surface area contributed by atoms with Gasteiger partial charge in [-0.15, -0.1) is 0 Å². The third-order valence-corrected chi connectivity index (χ3v) is 4.10. The molecule has 0 aliphatic heterocycles. The Morgan fingerprint density at radius 2 is 2.18 bits per heavy atom. The minimum atomic E-state index is -0.352. The van der Waals surface area contributed by atoms with Crippen molar-refractivity contribution in [2.75, 3.05) is 5.32 Å². The van der Waals surface area contributed by atoms with Crippen molar-refractivity contribution in [2.45, 2.75) is 44.2 Å². The van der Waals surface area contributed by atoms with Crippen LogP contribution in [0.15, 0.2) is 11.1 Å². The van der Waals surface area contributed by atoms with Gasteiger partial charge in [-0.1, -0.05) is 19.3 Å². The quantitative estimate of drug-likeness (QED) is 0.558. The van der Waals surface area contributed by atoms with Crippen LogP contribution in [0.5, 0.6) is 0 Å². The molecule has 1 aromatic rings. The van der Waals surface area contributed by atoms with E-state index < -0.39 is 0 Å². The van der Waals surface area contributed by atoms with Gasteiger partial charge in [0.05, 0.1) is 18.5 Å². The van der Waals surface area contributed by atoms with E-state index in [1.54, 1.807) is 0 Å². The third kappa shape index (κ3) is 3.19. The summed E-state index contributed by atoms with van der Waals surface area (Å²) in [6, 6.07) is 0.000293. The number of hydrogen-bond acceptors (Lipinski definition) is 4. The third-order valence-electron chi connectivity index (χ3n) is 3.10. The van der Waals surface area contributed by atoms with Crippen molar-refractivity contribution in [1.82, 2.24) is 9.97 Å². The van der Waals surface area contributed by atoms with E-state index in [0.717, 1.165) is 32.1 Å². The van der Waals surface area contributed by atoms with E-state index in [9.17, 15) is 9.90 Å². The second-order valence-electron chi connectivity index (χ2n) is 4.35. The van der Waals surface area contributed by atoms with Gasteiger partial charge in [-0.2, -0.15) is 0 Å². The van der Waals surface area contributed by atoms with E-state index >= 15 is 0 Å². The first kappa shape index (κ1) is 12.8. The molecule has 0 amide bonds. The largest absolute Gasteiger partial charge is 0.391 e. The van der Waals surface area contributed by atoms with Crippen LogP contribution in [0.4, 0.5) is 5.82 Å². The normalized spacial score (nSPS) is 25.3. The Hall–Kier alpha value is -0.630. The smallest absolute Gasteiger partial charge is 0.266 e. The Balaban J connectivity index is 2.13. The molecular weight excluding hydrogens is 333 g/mol. The first-order valence-corrected chi connectivity index (χ1v) is 6.94. The van der Waals surface area contributed by atoms with Crippen molar-refractivity contribution in [2.24, 2.45) is 0 Å². The number of aliphatic hydroxyl groups is 1. The van der Waals surface area contributed by atoms with Crippen LogP contribution >= 0.6 is 22.6 Å². The molecule has 0 saturated heterocycles. The van der Waals surface area contributed by atoms with E-state index in [4.69, 9.17) is 0 Å². The van der Waals surface area contributed by atoms with Gasteiger partial charge < -0.3 is 15.4 Å². The summed E-state index contributed by atoms with van der Waals surface area (Å²) >= 11 is 1.97. The number of anilines is 1. The predicted molar refractivity (Wildman–Crippen MR) is 74.1 cm³/mol. The second-order valence-corrected chi connectivity index (χ2v) is 5.43. The fourth-order valence-corrected chi connectivity index (χ4v) is 2.57. The lowest BCUT2D eigenvalue weighted by Gasteiger charge is -2.22. The Morgan fingerprint density at radius 1 is 1.41 bits per heavy atom. The summed E-state index contributed by atoms with van der Waals surface area (Å²) in [4.78, 5) is 18.1. The molecule has 0 radical (unpaired) electrons. The predicted octanol–water partition coefficient (Wildman–Crippen LogP) is 1.48. The zero-order chi connectivity index (χ0) is 12.3. The molecule has 1 aliphatic carbocycles. The highest BCUT2D eigenvalue weighted by Gasteiger charge is 2.22. The molecule has 5 nitrogen and oxygen atoms in total. The van der Waals surface area contributed by atoms with Crippen LogP contribution in [0, 0.1) is 3.57 Å². The number of nitrogens with zero attached hydrogens (tertiary/aromatic N) is 1. The molecule has 0 aromatic carbocycles. The summed E-state index contributed by atoms with van der Waals surface area (Å²) in [5.41, 5.74) is -0.147. The maximum absolute atomic E-state index is 11.4. The molecule has 2 rings (SSSR count). The van der Waals surface area contributed by atoms with Crippen LogP contribution in [0.25, 0.3) is 0 Å². The number of aromatic nitrogens is 2. The van der Waals surface area contributed by atoms with Gasteiger partial charge in [0.25, 0.3) is 5.56 Å². The molecule has 0 bridgehead atoms. The maximum atomic E-state index is 11.4. The van der Waals surface area contributed by atoms with Crippen molar-refractivity contribution in [3.05, 3.63) is 20.3 Å². The average Bonchev–Trinajstić information content (AvgIpc) is 2.51. The van der Waals surface area contributed by atoms with Crippen LogP contribution in [0.3, 0.4) is 0 Å². The standard InChI is InChI=1S/C11H16IN3O2/c12-9-10(13-6-14-11(9)17)15-7-4-2-1-3-5-8(7)16/h6-8,16H,1-5H2,(H2,13,14,15,17). The van der Waals surface area contributed by atoms with Gasteiger partial charge in [-0.3, -0.25) is 4.79 Å². The molecule has 94 valence electrons. The second kappa shape index (κ2) is 5.81. The van der Waals surface area contributed by atoms with Gasteiger partial charge in [0.2, 0.25) is 0 Å². The maximum Gasteiger partial charge on any atom is 0.266 e. The summed E-state index contributed by atoms with van der Waals surface area (Å²) in [5, 5.41) is 13.2. The first-order valence-electron chi connectivity index (χ1n) is 5.86. The number of nitrogens with one attached hydrogen (secondary N) is 2. The number of aliphatic hydroxyl groups excluding tert-OH is 1. The monoisotopic (exact) mass is 349 g/mol. The summed E-state index contributed by atoms with van der Waals surface area (Å²) in [5.74, 6) is 0.570. The molecule has 3 N–H and O–H groups in total. The molecule has 1 saturated carbocycles. The molecule has 2 atom stereocenters. The highest BCUT2D eigenvalue weighted by molar-refractivity contribution is 14.1. The van der Waals surface area contributed by atoms with E-state index in [1.165, 1.54) is 6.33 Å². The van der Waals surface area contributed by atoms with E-state index in [-0.39, 0.29) is 17.7 Å². The molecule has 1 heterocycles. The molecule has 1 aliphatic rings. The fraction of sp³-hybridized carbons (Fsp3) is 0.636. The van der Waals surface area contributed by atoms with Crippen LogP contribution in [-0.2, 0) is 0 Å². The van der Waals surface area contributed by atoms with Crippen molar-refractivity contribution in [3.8, 4) is 0 Å². The van der Waals surface area contributed by atoms with Crippen molar-refractivity contribution < 1.29 is 5.11 Å². The van der Waals surface area contributed by atoms with Gasteiger partial charge in [0, 0.05) is 0 Å². The highest BCUT2D eigenvalue weighted by atomic mass is 127. The lowest BCUT2D eigenvalue weighted by Crippen LogP contribution is -2.33. The molecule has 1 fully saturated rings. The van der Waals surface area contributed by atoms with Gasteiger partial charge in [0.15, 0.2) is 0 Å². The topological polar surface area (TPSA) is 78.0 Å². The molecule has 2 unspecified atom stereocenters. The zero-order valence-electron chi connectivity index (χ0n) is 9.45. The minimum absolute atomic E-state index is 0.000293. The SMILES string of the molecule is O=c1[nH]cnc(NC2CCCCCC2O)c1I. The molecule has 17 heavy (non-hydrogen) atoms. The van der Waals surface area contributed by atoms with Crippen molar-refractivity contribution >= 4 is 28.4 Å². The summed E-state index contributed by atoms with van der Waals surface area (Å²) < 4.78 is 0.543. The minimum Gasteiger partial charge on any atom is -0.391 e. The van der Waals surface area contributed by atoms with Crippen molar-refractivity contribution in [3.63, 3.8) is 0 Å². The summed E-state index contributed by atoms with van der Waals surface area (Å²) in [6.45, 7) is 0. The van der Waals surface area contributed by atoms with Gasteiger partial charge in [-0.25, -0.2) is 4.98 Å². The number of halogens is 1. The van der Waals surface area contributed by atoms with Crippen LogP contribution in [0.2, 0.25) is 0 Å². The number of aromatic amines is 1. The molecular formula is C11H16IN3O2. The Bertz CT molecular complexity index is 435. The van der Waals surface area contributed by atoms with Gasteiger partial charge in [-0.05, 0) is 35.4 Å². The lowest BCUT2D eigenvalue weighted by atomic mass is 10.1. The zero-order valence-corrected chi connectivity index (χ0v) is 11.6. The average molecular weight is 349 g/mol. The van der Waals surface area contributed by atoms with Crippen LogP contribution in [-0.4, -0.2) is 27.2 Å². The van der Waals surface area contributed by atoms with E-state index in [2.05, 4.69) is 15.3 Å². The molecule has 6 heteroatoms. The van der Waals surface area contributed by atoms with Crippen molar-refractivity contribution in [1.29, 1.82) is 0 Å². The Labute approximate surface area is 113 Å². The molecule has 0 spiro atoms. The molecule has 1 aromatic heterocycles.